The summed E-state index contributed by atoms with van der Waals surface area (Å²) in [6.45, 7) is 5.12. The first kappa shape index (κ1) is 14.9. The molecule has 0 aliphatic carbocycles. The van der Waals surface area contributed by atoms with Crippen LogP contribution >= 0.6 is 0 Å². The van der Waals surface area contributed by atoms with E-state index in [-0.39, 0.29) is 6.79 Å². The minimum atomic E-state index is -3.42. The molecule has 1 atom stereocenters. The Morgan fingerprint density at radius 1 is 1.30 bits per heavy atom. The van der Waals surface area contributed by atoms with E-state index >= 15 is 0 Å². The largest absolute Gasteiger partial charge is 0.454 e. The molecule has 1 aliphatic rings. The number of fused-ring (bicyclic) bond motifs is 1. The van der Waals surface area contributed by atoms with Gasteiger partial charge in [-0.2, -0.15) is 0 Å². The zero-order valence-corrected chi connectivity index (χ0v) is 12.5. The van der Waals surface area contributed by atoms with Gasteiger partial charge < -0.3 is 14.8 Å². The van der Waals surface area contributed by atoms with Gasteiger partial charge in [0.25, 0.3) is 0 Å². The summed E-state index contributed by atoms with van der Waals surface area (Å²) in [4.78, 5) is 0. The number of rotatable bonds is 7. The van der Waals surface area contributed by atoms with E-state index in [4.69, 9.17) is 9.47 Å². The van der Waals surface area contributed by atoms with Crippen LogP contribution < -0.4 is 19.5 Å². The van der Waals surface area contributed by atoms with Gasteiger partial charge >= 0.3 is 0 Å². The lowest BCUT2D eigenvalue weighted by molar-refractivity contribution is 0.174. The van der Waals surface area contributed by atoms with Crippen molar-refractivity contribution < 1.29 is 17.9 Å². The molecule has 2 rings (SSSR count). The van der Waals surface area contributed by atoms with Crippen molar-refractivity contribution in [1.29, 1.82) is 0 Å². The van der Waals surface area contributed by atoms with E-state index in [0.717, 1.165) is 13.0 Å². The first-order valence-electron chi connectivity index (χ1n) is 6.65. The highest BCUT2D eigenvalue weighted by Crippen LogP contribution is 2.34. The molecule has 6 nitrogen and oxygen atoms in total. The van der Waals surface area contributed by atoms with Crippen molar-refractivity contribution in [1.82, 2.24) is 5.32 Å². The van der Waals surface area contributed by atoms with Gasteiger partial charge in [-0.15, -0.1) is 0 Å². The van der Waals surface area contributed by atoms with Crippen molar-refractivity contribution in [2.75, 3.05) is 24.6 Å². The second kappa shape index (κ2) is 6.32. The number of benzene rings is 1. The summed E-state index contributed by atoms with van der Waals surface area (Å²) in [6, 6.07) is 4.99. The van der Waals surface area contributed by atoms with E-state index in [1.54, 1.807) is 25.1 Å². The Morgan fingerprint density at radius 2 is 2.05 bits per heavy atom. The van der Waals surface area contributed by atoms with Gasteiger partial charge in [-0.05, 0) is 32.0 Å². The van der Waals surface area contributed by atoms with E-state index in [2.05, 4.69) is 10.0 Å². The van der Waals surface area contributed by atoms with Crippen LogP contribution in [-0.4, -0.2) is 33.6 Å². The van der Waals surface area contributed by atoms with Crippen LogP contribution in [0.3, 0.4) is 0 Å². The molecule has 0 aromatic heterocycles. The summed E-state index contributed by atoms with van der Waals surface area (Å²) < 4.78 is 37.3. The van der Waals surface area contributed by atoms with Crippen LogP contribution in [0, 0.1) is 0 Å². The molecule has 112 valence electrons. The van der Waals surface area contributed by atoms with Crippen LogP contribution in [0.5, 0.6) is 11.5 Å². The van der Waals surface area contributed by atoms with Crippen molar-refractivity contribution in [3.8, 4) is 11.5 Å². The Bertz CT molecular complexity index is 559. The number of hydrogen-bond donors (Lipinski definition) is 2. The molecule has 0 saturated heterocycles. The maximum absolute atomic E-state index is 12.2. The summed E-state index contributed by atoms with van der Waals surface area (Å²) in [5.41, 5.74) is 0.483. The third-order valence-corrected chi connectivity index (χ3v) is 4.77. The van der Waals surface area contributed by atoms with E-state index in [1.807, 2.05) is 6.92 Å². The molecule has 1 unspecified atom stereocenters. The molecule has 0 radical (unpaired) electrons. The first-order chi connectivity index (χ1) is 9.53. The maximum Gasteiger partial charge on any atom is 0.236 e. The average Bonchev–Trinajstić information content (AvgIpc) is 2.85. The highest BCUT2D eigenvalue weighted by Gasteiger charge is 2.21. The van der Waals surface area contributed by atoms with Gasteiger partial charge in [-0.3, -0.25) is 4.72 Å². The zero-order chi connectivity index (χ0) is 14.6. The van der Waals surface area contributed by atoms with Crippen molar-refractivity contribution in [2.24, 2.45) is 0 Å². The Kier molecular flexibility index (Phi) is 4.72. The molecule has 0 spiro atoms. The van der Waals surface area contributed by atoms with E-state index in [9.17, 15) is 8.42 Å². The summed E-state index contributed by atoms with van der Waals surface area (Å²) in [5, 5.41) is 2.59. The van der Waals surface area contributed by atoms with Gasteiger partial charge in [0.05, 0.1) is 10.9 Å². The topological polar surface area (TPSA) is 76.7 Å². The van der Waals surface area contributed by atoms with Gasteiger partial charge in [0, 0.05) is 12.6 Å². The van der Waals surface area contributed by atoms with E-state index in [0.29, 0.717) is 23.7 Å². The predicted octanol–water partition coefficient (Wildman–Crippen LogP) is 1.55. The molecule has 0 bridgehead atoms. The zero-order valence-electron chi connectivity index (χ0n) is 11.7. The molecular formula is C13H20N2O4S. The summed E-state index contributed by atoms with van der Waals surface area (Å²) in [5.74, 6) is 1.19. The number of anilines is 1. The lowest BCUT2D eigenvalue weighted by atomic mass is 10.3. The van der Waals surface area contributed by atoms with Crippen molar-refractivity contribution in [2.45, 2.75) is 25.5 Å². The highest BCUT2D eigenvalue weighted by molar-refractivity contribution is 7.93. The van der Waals surface area contributed by atoms with Gasteiger partial charge in [-0.25, -0.2) is 8.42 Å². The molecule has 0 amide bonds. The molecule has 7 heteroatoms. The van der Waals surface area contributed by atoms with Crippen LogP contribution in [0.25, 0.3) is 0 Å². The standard InChI is InChI=1S/C13H20N2O4S/c1-3-6-14-8-10(2)20(16,17)15-11-4-5-12-13(7-11)19-9-18-12/h4-5,7,10,14-15H,3,6,8-9H2,1-2H3. The molecule has 0 fully saturated rings. The minimum absolute atomic E-state index is 0.170. The van der Waals surface area contributed by atoms with E-state index < -0.39 is 15.3 Å². The second-order valence-corrected chi connectivity index (χ2v) is 6.83. The maximum atomic E-state index is 12.2. The van der Waals surface area contributed by atoms with Crippen molar-refractivity contribution in [3.05, 3.63) is 18.2 Å². The summed E-state index contributed by atoms with van der Waals surface area (Å²) in [7, 11) is -3.42. The Hall–Kier alpha value is -1.47. The van der Waals surface area contributed by atoms with Gasteiger partial charge in [0.2, 0.25) is 16.8 Å². The molecule has 1 aromatic rings. The fourth-order valence-electron chi connectivity index (χ4n) is 1.82. The molecule has 2 N–H and O–H groups in total. The summed E-state index contributed by atoms with van der Waals surface area (Å²) in [6.07, 6.45) is 0.975. The summed E-state index contributed by atoms with van der Waals surface area (Å²) >= 11 is 0. The quantitative estimate of drug-likeness (QED) is 0.747. The van der Waals surface area contributed by atoms with Crippen LogP contribution in [0.15, 0.2) is 18.2 Å². The second-order valence-electron chi connectivity index (χ2n) is 4.73. The minimum Gasteiger partial charge on any atom is -0.454 e. The number of ether oxygens (including phenoxy) is 2. The third-order valence-electron chi connectivity index (χ3n) is 3.02. The Balaban J connectivity index is 2.00. The van der Waals surface area contributed by atoms with Crippen LogP contribution in [0.4, 0.5) is 5.69 Å². The van der Waals surface area contributed by atoms with Crippen LogP contribution in [-0.2, 0) is 10.0 Å². The number of hydrogen-bond acceptors (Lipinski definition) is 5. The van der Waals surface area contributed by atoms with E-state index in [1.165, 1.54) is 0 Å². The molecule has 1 aliphatic heterocycles. The van der Waals surface area contributed by atoms with Crippen LogP contribution in [0.1, 0.15) is 20.3 Å². The monoisotopic (exact) mass is 300 g/mol. The smallest absolute Gasteiger partial charge is 0.236 e. The molecule has 1 heterocycles. The Morgan fingerprint density at radius 3 is 2.80 bits per heavy atom. The average molecular weight is 300 g/mol. The lowest BCUT2D eigenvalue weighted by Crippen LogP contribution is -2.35. The predicted molar refractivity (Wildman–Crippen MR) is 77.7 cm³/mol. The van der Waals surface area contributed by atoms with Crippen molar-refractivity contribution >= 4 is 15.7 Å². The highest BCUT2D eigenvalue weighted by atomic mass is 32.2. The van der Waals surface area contributed by atoms with Crippen molar-refractivity contribution in [3.63, 3.8) is 0 Å². The Labute approximate surface area is 119 Å². The molecular weight excluding hydrogens is 280 g/mol. The third kappa shape index (κ3) is 3.55. The molecule has 1 aromatic carbocycles. The van der Waals surface area contributed by atoms with Gasteiger partial charge in [0.1, 0.15) is 0 Å². The van der Waals surface area contributed by atoms with Gasteiger partial charge in [0.15, 0.2) is 11.5 Å². The van der Waals surface area contributed by atoms with Gasteiger partial charge in [-0.1, -0.05) is 6.92 Å². The fraction of sp³-hybridized carbons (Fsp3) is 0.538. The molecule has 0 saturated carbocycles. The number of nitrogens with one attached hydrogen (secondary N) is 2. The fourth-order valence-corrected chi connectivity index (χ4v) is 2.81. The molecule has 20 heavy (non-hydrogen) atoms. The lowest BCUT2D eigenvalue weighted by Gasteiger charge is -2.15. The first-order valence-corrected chi connectivity index (χ1v) is 8.19. The normalized spacial score (nSPS) is 15.1. The van der Waals surface area contributed by atoms with Crippen LogP contribution in [0.2, 0.25) is 0 Å². The number of sulfonamides is 1. The SMILES string of the molecule is CCCNCC(C)S(=O)(=O)Nc1ccc2c(c1)OCO2.